The second-order valence-electron chi connectivity index (χ2n) is 8.00. The largest absolute Gasteiger partial charge is 0.293 e. The van der Waals surface area contributed by atoms with Gasteiger partial charge < -0.3 is 0 Å². The van der Waals surface area contributed by atoms with E-state index in [0.717, 1.165) is 18.0 Å². The maximum absolute atomic E-state index is 2.81. The van der Waals surface area contributed by atoms with Crippen molar-refractivity contribution in [3.05, 3.63) is 0 Å². The Balaban J connectivity index is 2.13. The molecule has 0 aromatic rings. The van der Waals surface area contributed by atoms with Gasteiger partial charge in [-0.1, -0.05) is 20.8 Å². The molecule has 0 N–H and O–H groups in total. The van der Waals surface area contributed by atoms with Crippen LogP contribution in [-0.4, -0.2) is 22.5 Å². The lowest BCUT2D eigenvalue weighted by Crippen LogP contribution is -2.54. The predicted octanol–water partition coefficient (Wildman–Crippen LogP) is 4.07. The minimum Gasteiger partial charge on any atom is -0.293 e. The van der Waals surface area contributed by atoms with Gasteiger partial charge in [0.1, 0.15) is 0 Å². The number of nitrogens with zero attached hydrogens (tertiary/aromatic N) is 1. The van der Waals surface area contributed by atoms with Crippen molar-refractivity contribution >= 4 is 0 Å². The van der Waals surface area contributed by atoms with E-state index in [1.165, 1.54) is 25.7 Å². The van der Waals surface area contributed by atoms with E-state index in [4.69, 9.17) is 0 Å². The molecule has 94 valence electrons. The molecule has 0 aromatic carbocycles. The Labute approximate surface area is 102 Å². The quantitative estimate of drug-likeness (QED) is 0.598. The summed E-state index contributed by atoms with van der Waals surface area (Å²) in [5.41, 5.74) is 0.875. The van der Waals surface area contributed by atoms with Crippen LogP contribution in [0.25, 0.3) is 0 Å². The lowest BCUT2D eigenvalue weighted by Gasteiger charge is -2.49. The second-order valence-corrected chi connectivity index (χ2v) is 8.00. The molecule has 0 spiro atoms. The lowest BCUT2D eigenvalue weighted by molar-refractivity contribution is -0.00409. The van der Waals surface area contributed by atoms with Crippen molar-refractivity contribution in [2.75, 3.05) is 0 Å². The fraction of sp³-hybridized carbons (Fsp3) is 1.00. The third kappa shape index (κ3) is 2.16. The van der Waals surface area contributed by atoms with Gasteiger partial charge in [-0.25, -0.2) is 0 Å². The number of piperidine rings is 1. The van der Waals surface area contributed by atoms with Crippen molar-refractivity contribution in [1.82, 2.24) is 4.90 Å². The first-order chi connectivity index (χ1) is 7.19. The van der Waals surface area contributed by atoms with Gasteiger partial charge in [0.2, 0.25) is 0 Å². The standard InChI is InChI=1S/C15H29N/c1-14(2,3)11-9-12-7-8-13(10-11)16(12)15(4,5)6/h11-13H,7-10H2,1-6H3/t11-,12+,13-. The molecule has 0 aliphatic carbocycles. The molecule has 2 aliphatic heterocycles. The van der Waals surface area contributed by atoms with Crippen LogP contribution in [-0.2, 0) is 0 Å². The van der Waals surface area contributed by atoms with Crippen molar-refractivity contribution in [3.63, 3.8) is 0 Å². The monoisotopic (exact) mass is 223 g/mol. The Hall–Kier alpha value is -0.0400. The average Bonchev–Trinajstić information content (AvgIpc) is 2.35. The molecule has 0 radical (unpaired) electrons. The highest BCUT2D eigenvalue weighted by molar-refractivity contribution is 5.01. The molecular formula is C15H29N. The SMILES string of the molecule is CC(C)(C)[C@H]1C[C@H]2CC[C@@H](C1)N2C(C)(C)C. The normalized spacial score (nSPS) is 36.8. The van der Waals surface area contributed by atoms with Gasteiger partial charge in [-0.2, -0.15) is 0 Å². The van der Waals surface area contributed by atoms with E-state index in [0.29, 0.717) is 11.0 Å². The molecule has 1 heteroatoms. The topological polar surface area (TPSA) is 3.24 Å². The molecule has 0 amide bonds. The summed E-state index contributed by atoms with van der Waals surface area (Å²) in [6.45, 7) is 14.4. The molecule has 2 aliphatic rings. The fourth-order valence-electron chi connectivity index (χ4n) is 3.98. The minimum atomic E-state index is 0.370. The van der Waals surface area contributed by atoms with Crippen LogP contribution >= 0.6 is 0 Å². The van der Waals surface area contributed by atoms with E-state index in [9.17, 15) is 0 Å². The summed E-state index contributed by atoms with van der Waals surface area (Å²) in [5, 5.41) is 0. The van der Waals surface area contributed by atoms with Gasteiger partial charge in [-0.05, 0) is 57.8 Å². The number of fused-ring (bicyclic) bond motifs is 2. The minimum absolute atomic E-state index is 0.370. The van der Waals surface area contributed by atoms with Gasteiger partial charge in [0.15, 0.2) is 0 Å². The summed E-state index contributed by atoms with van der Waals surface area (Å²) in [6, 6.07) is 1.73. The Morgan fingerprint density at radius 2 is 1.25 bits per heavy atom. The molecule has 16 heavy (non-hydrogen) atoms. The van der Waals surface area contributed by atoms with E-state index < -0.39 is 0 Å². The van der Waals surface area contributed by atoms with Crippen LogP contribution in [0, 0.1) is 11.3 Å². The molecule has 2 fully saturated rings. The average molecular weight is 223 g/mol. The zero-order valence-electron chi connectivity index (χ0n) is 12.0. The summed E-state index contributed by atoms with van der Waals surface area (Å²) in [6.07, 6.45) is 5.73. The van der Waals surface area contributed by atoms with Crippen LogP contribution in [0.3, 0.4) is 0 Å². The maximum atomic E-state index is 2.81. The smallest absolute Gasteiger partial charge is 0.0130 e. The van der Waals surface area contributed by atoms with E-state index in [1.807, 2.05) is 0 Å². The molecule has 2 bridgehead atoms. The van der Waals surface area contributed by atoms with Crippen LogP contribution in [0.4, 0.5) is 0 Å². The van der Waals surface area contributed by atoms with Crippen LogP contribution in [0.1, 0.15) is 67.2 Å². The molecule has 1 nitrogen and oxygen atoms in total. The van der Waals surface area contributed by atoms with Gasteiger partial charge in [0.25, 0.3) is 0 Å². The van der Waals surface area contributed by atoms with Gasteiger partial charge in [0, 0.05) is 17.6 Å². The van der Waals surface area contributed by atoms with Crippen LogP contribution in [0.15, 0.2) is 0 Å². The first kappa shape index (κ1) is 12.4. The zero-order valence-corrected chi connectivity index (χ0v) is 12.0. The van der Waals surface area contributed by atoms with E-state index in [-0.39, 0.29) is 0 Å². The van der Waals surface area contributed by atoms with Crippen LogP contribution < -0.4 is 0 Å². The zero-order chi connectivity index (χ0) is 12.1. The first-order valence-corrected chi connectivity index (χ1v) is 6.98. The Bertz CT molecular complexity index is 242. The molecule has 3 atom stereocenters. The van der Waals surface area contributed by atoms with Gasteiger partial charge in [0.05, 0.1) is 0 Å². The van der Waals surface area contributed by atoms with Gasteiger partial charge in [-0.15, -0.1) is 0 Å². The molecule has 2 rings (SSSR count). The fourth-order valence-corrected chi connectivity index (χ4v) is 3.98. The van der Waals surface area contributed by atoms with Crippen LogP contribution in [0.5, 0.6) is 0 Å². The Morgan fingerprint density at radius 1 is 0.812 bits per heavy atom. The highest BCUT2D eigenvalue weighted by atomic mass is 15.3. The Morgan fingerprint density at radius 3 is 1.56 bits per heavy atom. The predicted molar refractivity (Wildman–Crippen MR) is 70.6 cm³/mol. The Kier molecular flexibility index (Phi) is 2.89. The summed E-state index contributed by atoms with van der Waals surface area (Å²) < 4.78 is 0. The van der Waals surface area contributed by atoms with Gasteiger partial charge >= 0.3 is 0 Å². The van der Waals surface area contributed by atoms with Crippen molar-refractivity contribution in [3.8, 4) is 0 Å². The van der Waals surface area contributed by atoms with Crippen molar-refractivity contribution in [1.29, 1.82) is 0 Å². The molecule has 0 aromatic heterocycles. The van der Waals surface area contributed by atoms with E-state index in [1.54, 1.807) is 0 Å². The number of rotatable bonds is 0. The summed E-state index contributed by atoms with van der Waals surface area (Å²) >= 11 is 0. The molecular weight excluding hydrogens is 194 g/mol. The number of hydrogen-bond donors (Lipinski definition) is 0. The lowest BCUT2D eigenvalue weighted by atomic mass is 9.72. The summed E-state index contributed by atoms with van der Waals surface area (Å²) in [4.78, 5) is 2.81. The molecule has 0 saturated carbocycles. The highest BCUT2D eigenvalue weighted by Gasteiger charge is 2.47. The summed E-state index contributed by atoms with van der Waals surface area (Å²) in [7, 11) is 0. The highest BCUT2D eigenvalue weighted by Crippen LogP contribution is 2.47. The molecule has 2 saturated heterocycles. The van der Waals surface area contributed by atoms with Gasteiger partial charge in [-0.3, -0.25) is 4.90 Å². The third-order valence-electron chi connectivity index (χ3n) is 4.73. The van der Waals surface area contributed by atoms with E-state index in [2.05, 4.69) is 46.4 Å². The molecule has 0 unspecified atom stereocenters. The van der Waals surface area contributed by atoms with Crippen molar-refractivity contribution in [2.45, 2.75) is 84.8 Å². The maximum Gasteiger partial charge on any atom is 0.0130 e. The second kappa shape index (κ2) is 3.73. The van der Waals surface area contributed by atoms with Crippen molar-refractivity contribution in [2.24, 2.45) is 11.3 Å². The van der Waals surface area contributed by atoms with Crippen LogP contribution in [0.2, 0.25) is 0 Å². The first-order valence-electron chi connectivity index (χ1n) is 6.98. The summed E-state index contributed by atoms with van der Waals surface area (Å²) in [5.74, 6) is 0.934. The third-order valence-corrected chi connectivity index (χ3v) is 4.73. The van der Waals surface area contributed by atoms with Crippen molar-refractivity contribution < 1.29 is 0 Å². The van der Waals surface area contributed by atoms with E-state index >= 15 is 0 Å². The number of hydrogen-bond acceptors (Lipinski definition) is 1. The molecule has 2 heterocycles.